The standard InChI is InChI=1S/C13H15FN4O3/c1-21-5-4-18-8-16-17-12(18)7-15-13(20)10-3-2-9(14)6-11(10)19/h2-3,6,8,19H,4-5,7H2,1H3,(H,15,20). The fourth-order valence-corrected chi connectivity index (χ4v) is 1.74. The highest BCUT2D eigenvalue weighted by atomic mass is 19.1. The first-order valence-corrected chi connectivity index (χ1v) is 6.24. The fraction of sp³-hybridized carbons (Fsp3) is 0.308. The van der Waals surface area contributed by atoms with Crippen LogP contribution >= 0.6 is 0 Å². The number of phenols is 1. The second kappa shape index (κ2) is 6.80. The molecule has 0 aliphatic rings. The van der Waals surface area contributed by atoms with Gasteiger partial charge in [0.2, 0.25) is 0 Å². The quantitative estimate of drug-likeness (QED) is 0.818. The van der Waals surface area contributed by atoms with Gasteiger partial charge in [-0.3, -0.25) is 4.79 Å². The molecule has 1 heterocycles. The predicted molar refractivity (Wildman–Crippen MR) is 71.1 cm³/mol. The zero-order valence-electron chi connectivity index (χ0n) is 11.4. The summed E-state index contributed by atoms with van der Waals surface area (Å²) in [6.45, 7) is 1.20. The maximum absolute atomic E-state index is 12.9. The van der Waals surface area contributed by atoms with E-state index >= 15 is 0 Å². The van der Waals surface area contributed by atoms with Crippen LogP contribution in [0.1, 0.15) is 16.2 Å². The van der Waals surface area contributed by atoms with E-state index in [2.05, 4.69) is 15.5 Å². The SMILES string of the molecule is COCCn1cnnc1CNC(=O)c1ccc(F)cc1O. The molecular formula is C13H15FN4O3. The number of rotatable bonds is 6. The highest BCUT2D eigenvalue weighted by Gasteiger charge is 2.13. The molecule has 0 saturated heterocycles. The van der Waals surface area contributed by atoms with Crippen molar-refractivity contribution < 1.29 is 19.0 Å². The molecule has 0 bridgehead atoms. The molecule has 0 unspecified atom stereocenters. The van der Waals surface area contributed by atoms with Crippen LogP contribution in [0.4, 0.5) is 4.39 Å². The van der Waals surface area contributed by atoms with Gasteiger partial charge in [-0.15, -0.1) is 10.2 Å². The Kier molecular flexibility index (Phi) is 4.83. The van der Waals surface area contributed by atoms with Crippen molar-refractivity contribution >= 4 is 5.91 Å². The maximum atomic E-state index is 12.9. The summed E-state index contributed by atoms with van der Waals surface area (Å²) in [5.74, 6) is -0.979. The molecule has 0 aliphatic heterocycles. The third-order valence-corrected chi connectivity index (χ3v) is 2.84. The number of ether oxygens (including phenoxy) is 1. The summed E-state index contributed by atoms with van der Waals surface area (Å²) in [6, 6.07) is 3.21. The lowest BCUT2D eigenvalue weighted by atomic mass is 10.2. The molecule has 112 valence electrons. The predicted octanol–water partition coefficient (Wildman–Crippen LogP) is 0.699. The number of methoxy groups -OCH3 is 1. The van der Waals surface area contributed by atoms with E-state index in [1.54, 1.807) is 11.7 Å². The molecule has 8 heteroatoms. The Bertz CT molecular complexity index is 630. The van der Waals surface area contributed by atoms with Crippen LogP contribution in [0.15, 0.2) is 24.5 Å². The van der Waals surface area contributed by atoms with Gasteiger partial charge in [-0.2, -0.15) is 0 Å². The van der Waals surface area contributed by atoms with Gasteiger partial charge in [0.15, 0.2) is 5.82 Å². The van der Waals surface area contributed by atoms with Crippen LogP contribution in [0.2, 0.25) is 0 Å². The summed E-state index contributed by atoms with van der Waals surface area (Å²) in [4.78, 5) is 11.9. The molecule has 0 radical (unpaired) electrons. The average Bonchev–Trinajstić information content (AvgIpc) is 2.90. The van der Waals surface area contributed by atoms with E-state index in [1.165, 1.54) is 12.4 Å². The molecule has 2 rings (SSSR count). The van der Waals surface area contributed by atoms with Crippen molar-refractivity contribution in [1.82, 2.24) is 20.1 Å². The maximum Gasteiger partial charge on any atom is 0.255 e. The first-order valence-electron chi connectivity index (χ1n) is 6.24. The van der Waals surface area contributed by atoms with E-state index in [9.17, 15) is 14.3 Å². The lowest BCUT2D eigenvalue weighted by molar-refractivity contribution is 0.0946. The first kappa shape index (κ1) is 14.9. The Balaban J connectivity index is 1.99. The molecule has 2 aromatic rings. The highest BCUT2D eigenvalue weighted by molar-refractivity contribution is 5.96. The summed E-state index contributed by atoms with van der Waals surface area (Å²) in [5, 5.41) is 19.8. The summed E-state index contributed by atoms with van der Waals surface area (Å²) in [6.07, 6.45) is 1.54. The van der Waals surface area contributed by atoms with Crippen LogP contribution in [0.3, 0.4) is 0 Å². The summed E-state index contributed by atoms with van der Waals surface area (Å²) in [5.41, 5.74) is -0.000596. The molecular weight excluding hydrogens is 279 g/mol. The topological polar surface area (TPSA) is 89.3 Å². The zero-order valence-corrected chi connectivity index (χ0v) is 11.4. The number of nitrogens with one attached hydrogen (secondary N) is 1. The van der Waals surface area contributed by atoms with Crippen molar-refractivity contribution in [3.8, 4) is 5.75 Å². The minimum Gasteiger partial charge on any atom is -0.507 e. The number of halogens is 1. The monoisotopic (exact) mass is 294 g/mol. The highest BCUT2D eigenvalue weighted by Crippen LogP contribution is 2.17. The van der Waals surface area contributed by atoms with Gasteiger partial charge in [0.25, 0.3) is 5.91 Å². The van der Waals surface area contributed by atoms with Gasteiger partial charge in [0.05, 0.1) is 18.7 Å². The Morgan fingerprint density at radius 3 is 3.05 bits per heavy atom. The van der Waals surface area contributed by atoms with Crippen molar-refractivity contribution in [3.63, 3.8) is 0 Å². The molecule has 2 N–H and O–H groups in total. The van der Waals surface area contributed by atoms with E-state index in [4.69, 9.17) is 4.74 Å². The molecule has 21 heavy (non-hydrogen) atoms. The molecule has 1 amide bonds. The Hall–Kier alpha value is -2.48. The first-order chi connectivity index (χ1) is 10.1. The van der Waals surface area contributed by atoms with Crippen LogP contribution in [-0.4, -0.2) is 39.5 Å². The van der Waals surface area contributed by atoms with Gasteiger partial charge >= 0.3 is 0 Å². The molecule has 1 aromatic carbocycles. The van der Waals surface area contributed by atoms with Crippen LogP contribution in [0, 0.1) is 5.82 Å². The van der Waals surface area contributed by atoms with Gasteiger partial charge in [-0.1, -0.05) is 0 Å². The van der Waals surface area contributed by atoms with Crippen molar-refractivity contribution in [2.75, 3.05) is 13.7 Å². The smallest absolute Gasteiger partial charge is 0.255 e. The number of aromatic hydroxyl groups is 1. The average molecular weight is 294 g/mol. The zero-order chi connectivity index (χ0) is 15.2. The second-order valence-corrected chi connectivity index (χ2v) is 4.28. The number of hydrogen-bond acceptors (Lipinski definition) is 5. The number of carbonyl (C=O) groups excluding carboxylic acids is 1. The Morgan fingerprint density at radius 2 is 2.33 bits per heavy atom. The van der Waals surface area contributed by atoms with Crippen molar-refractivity contribution in [1.29, 1.82) is 0 Å². The summed E-state index contributed by atoms with van der Waals surface area (Å²) >= 11 is 0. The molecule has 0 fully saturated rings. The lowest BCUT2D eigenvalue weighted by Crippen LogP contribution is -2.25. The van der Waals surface area contributed by atoms with Gasteiger partial charge in [0, 0.05) is 19.7 Å². The van der Waals surface area contributed by atoms with Crippen molar-refractivity contribution in [2.45, 2.75) is 13.1 Å². The normalized spacial score (nSPS) is 10.6. The molecule has 0 atom stereocenters. The van der Waals surface area contributed by atoms with Crippen LogP contribution in [0.25, 0.3) is 0 Å². The number of phenolic OH excluding ortho intramolecular Hbond substituents is 1. The summed E-state index contributed by atoms with van der Waals surface area (Å²) < 4.78 is 19.6. The Labute approximate surface area is 120 Å². The van der Waals surface area contributed by atoms with E-state index in [0.29, 0.717) is 19.0 Å². The van der Waals surface area contributed by atoms with Gasteiger partial charge < -0.3 is 19.7 Å². The molecule has 7 nitrogen and oxygen atoms in total. The number of amides is 1. The van der Waals surface area contributed by atoms with Crippen molar-refractivity contribution in [3.05, 3.63) is 41.7 Å². The van der Waals surface area contributed by atoms with Gasteiger partial charge in [0.1, 0.15) is 17.9 Å². The third-order valence-electron chi connectivity index (χ3n) is 2.84. The molecule has 0 saturated carbocycles. The van der Waals surface area contributed by atoms with E-state index < -0.39 is 17.5 Å². The number of hydrogen-bond donors (Lipinski definition) is 2. The van der Waals surface area contributed by atoms with Crippen LogP contribution in [-0.2, 0) is 17.8 Å². The minimum absolute atomic E-state index is 0.000596. The number of nitrogens with zero attached hydrogens (tertiary/aromatic N) is 3. The lowest BCUT2D eigenvalue weighted by Gasteiger charge is -2.08. The molecule has 0 spiro atoms. The second-order valence-electron chi connectivity index (χ2n) is 4.28. The largest absolute Gasteiger partial charge is 0.507 e. The van der Waals surface area contributed by atoms with Gasteiger partial charge in [-0.05, 0) is 12.1 Å². The number of aromatic nitrogens is 3. The Morgan fingerprint density at radius 1 is 1.52 bits per heavy atom. The van der Waals surface area contributed by atoms with E-state index in [-0.39, 0.29) is 12.1 Å². The van der Waals surface area contributed by atoms with E-state index in [1.807, 2.05) is 0 Å². The van der Waals surface area contributed by atoms with Crippen molar-refractivity contribution in [2.24, 2.45) is 0 Å². The van der Waals surface area contributed by atoms with Gasteiger partial charge in [-0.25, -0.2) is 4.39 Å². The number of carbonyl (C=O) groups is 1. The minimum atomic E-state index is -0.608. The molecule has 0 aliphatic carbocycles. The van der Waals surface area contributed by atoms with Crippen LogP contribution in [0.5, 0.6) is 5.75 Å². The van der Waals surface area contributed by atoms with Crippen LogP contribution < -0.4 is 5.32 Å². The summed E-state index contributed by atoms with van der Waals surface area (Å²) in [7, 11) is 1.59. The van der Waals surface area contributed by atoms with E-state index in [0.717, 1.165) is 12.1 Å². The fourth-order valence-electron chi connectivity index (χ4n) is 1.74. The molecule has 1 aromatic heterocycles. The number of benzene rings is 1. The third kappa shape index (κ3) is 3.76.